The molecule has 2 aromatic carbocycles. The van der Waals surface area contributed by atoms with Gasteiger partial charge in [-0.3, -0.25) is 9.78 Å². The van der Waals surface area contributed by atoms with Crippen molar-refractivity contribution < 1.29 is 14.3 Å². The van der Waals surface area contributed by atoms with Crippen LogP contribution < -0.4 is 20.1 Å². The highest BCUT2D eigenvalue weighted by atomic mass is 16.5. The Labute approximate surface area is 170 Å². The minimum Gasteiger partial charge on any atom is -0.495 e. The smallest absolute Gasteiger partial charge is 0.274 e. The highest BCUT2D eigenvalue weighted by Gasteiger charge is 2.10. The Morgan fingerprint density at radius 3 is 2.45 bits per heavy atom. The number of nitrogens with zero attached hydrogens (tertiary/aromatic N) is 1. The number of hydrogen-bond acceptors (Lipinski definition) is 5. The van der Waals surface area contributed by atoms with E-state index in [9.17, 15) is 4.79 Å². The van der Waals surface area contributed by atoms with Crippen molar-refractivity contribution in [3.05, 3.63) is 72.1 Å². The second-order valence-corrected chi connectivity index (χ2v) is 6.90. The van der Waals surface area contributed by atoms with Gasteiger partial charge in [0.2, 0.25) is 0 Å². The Balaban J connectivity index is 1.72. The lowest BCUT2D eigenvalue weighted by atomic mass is 10.2. The number of ether oxygens (including phenoxy) is 2. The topological polar surface area (TPSA) is 72.5 Å². The van der Waals surface area contributed by atoms with Crippen molar-refractivity contribution in [3.8, 4) is 11.5 Å². The summed E-state index contributed by atoms with van der Waals surface area (Å²) in [5.41, 5.74) is 3.65. The summed E-state index contributed by atoms with van der Waals surface area (Å²) in [6.45, 7) is 5.94. The average molecular weight is 391 g/mol. The molecule has 6 heteroatoms. The molecule has 1 heterocycles. The minimum absolute atomic E-state index is 0.0990. The molecule has 3 aromatic rings. The monoisotopic (exact) mass is 391 g/mol. The van der Waals surface area contributed by atoms with E-state index < -0.39 is 0 Å². The Hall–Kier alpha value is -3.54. The van der Waals surface area contributed by atoms with Gasteiger partial charge in [0.05, 0.1) is 18.9 Å². The number of aryl methyl sites for hydroxylation is 1. The summed E-state index contributed by atoms with van der Waals surface area (Å²) in [4.78, 5) is 16.8. The van der Waals surface area contributed by atoms with Gasteiger partial charge in [0.1, 0.15) is 17.2 Å². The molecule has 1 aromatic heterocycles. The first kappa shape index (κ1) is 20.2. The molecule has 29 heavy (non-hydrogen) atoms. The first-order valence-electron chi connectivity index (χ1n) is 9.40. The molecule has 0 spiro atoms. The van der Waals surface area contributed by atoms with Crippen LogP contribution in [0.15, 0.2) is 60.8 Å². The van der Waals surface area contributed by atoms with Gasteiger partial charge in [0, 0.05) is 17.6 Å². The van der Waals surface area contributed by atoms with E-state index in [0.717, 1.165) is 28.4 Å². The largest absolute Gasteiger partial charge is 0.495 e. The van der Waals surface area contributed by atoms with Gasteiger partial charge in [-0.1, -0.05) is 6.07 Å². The molecule has 3 rings (SSSR count). The Bertz CT molecular complexity index is 985. The normalized spacial score (nSPS) is 10.5. The lowest BCUT2D eigenvalue weighted by molar-refractivity contribution is 0.102. The van der Waals surface area contributed by atoms with Gasteiger partial charge in [-0.15, -0.1) is 0 Å². The maximum atomic E-state index is 12.6. The predicted octanol–water partition coefficient (Wildman–Crippen LogP) is 5.18. The number of anilines is 3. The van der Waals surface area contributed by atoms with Gasteiger partial charge in [-0.25, -0.2) is 0 Å². The molecule has 1 amide bonds. The van der Waals surface area contributed by atoms with Crippen LogP contribution >= 0.6 is 0 Å². The Morgan fingerprint density at radius 2 is 1.76 bits per heavy atom. The fraction of sp³-hybridized carbons (Fsp3) is 0.217. The fourth-order valence-electron chi connectivity index (χ4n) is 2.79. The van der Waals surface area contributed by atoms with E-state index >= 15 is 0 Å². The number of carbonyl (C=O) groups excluding carboxylic acids is 1. The fourth-order valence-corrected chi connectivity index (χ4v) is 2.79. The number of nitrogens with one attached hydrogen (secondary N) is 2. The second kappa shape index (κ2) is 9.10. The van der Waals surface area contributed by atoms with Crippen LogP contribution in [0.1, 0.15) is 29.9 Å². The van der Waals surface area contributed by atoms with Crippen LogP contribution in [0, 0.1) is 6.92 Å². The highest BCUT2D eigenvalue weighted by molar-refractivity contribution is 6.03. The molecule has 0 atom stereocenters. The zero-order chi connectivity index (χ0) is 20.8. The lowest BCUT2D eigenvalue weighted by Gasteiger charge is -2.13. The van der Waals surface area contributed by atoms with Crippen LogP contribution in [0.2, 0.25) is 0 Å². The van der Waals surface area contributed by atoms with Crippen LogP contribution in [0.5, 0.6) is 11.5 Å². The maximum absolute atomic E-state index is 12.6. The van der Waals surface area contributed by atoms with E-state index in [1.165, 1.54) is 0 Å². The van der Waals surface area contributed by atoms with Crippen LogP contribution in [-0.2, 0) is 0 Å². The standard InChI is InChI=1S/C23H25N3O3/c1-15(2)29-19-8-6-17(7-9-19)26-23(27)21-14-18(11-12-24-21)25-20-13-16(3)5-10-22(20)28-4/h5-15H,1-4H3,(H,24,25)(H,26,27). The third-order valence-electron chi connectivity index (χ3n) is 4.11. The molecule has 2 N–H and O–H groups in total. The lowest BCUT2D eigenvalue weighted by Crippen LogP contribution is -2.14. The van der Waals surface area contributed by atoms with Crippen molar-refractivity contribution in [1.29, 1.82) is 0 Å². The Kier molecular flexibility index (Phi) is 6.34. The molecule has 6 nitrogen and oxygen atoms in total. The van der Waals surface area contributed by atoms with E-state index in [0.29, 0.717) is 11.4 Å². The quantitative estimate of drug-likeness (QED) is 0.580. The van der Waals surface area contributed by atoms with Crippen molar-refractivity contribution in [1.82, 2.24) is 4.98 Å². The minimum atomic E-state index is -0.289. The first-order chi connectivity index (χ1) is 13.9. The molecule has 0 fully saturated rings. The van der Waals surface area contributed by atoms with Crippen LogP contribution in [-0.4, -0.2) is 24.1 Å². The van der Waals surface area contributed by atoms with Gasteiger partial charge >= 0.3 is 0 Å². The highest BCUT2D eigenvalue weighted by Crippen LogP contribution is 2.28. The number of methoxy groups -OCH3 is 1. The van der Waals surface area contributed by atoms with E-state index in [2.05, 4.69) is 15.6 Å². The van der Waals surface area contributed by atoms with E-state index in [-0.39, 0.29) is 12.0 Å². The first-order valence-corrected chi connectivity index (χ1v) is 9.40. The molecular formula is C23H25N3O3. The van der Waals surface area contributed by atoms with Crippen molar-refractivity contribution in [2.24, 2.45) is 0 Å². The van der Waals surface area contributed by atoms with Crippen molar-refractivity contribution in [2.45, 2.75) is 26.9 Å². The van der Waals surface area contributed by atoms with E-state index in [1.54, 1.807) is 37.6 Å². The zero-order valence-electron chi connectivity index (χ0n) is 17.0. The number of pyridine rings is 1. The number of amides is 1. The third kappa shape index (κ3) is 5.48. The number of carbonyl (C=O) groups is 1. The summed E-state index contributed by atoms with van der Waals surface area (Å²) < 4.78 is 11.0. The molecule has 0 saturated heterocycles. The Morgan fingerprint density at radius 1 is 1.00 bits per heavy atom. The van der Waals surface area contributed by atoms with Gasteiger partial charge in [-0.05, 0) is 74.9 Å². The van der Waals surface area contributed by atoms with E-state index in [4.69, 9.17) is 9.47 Å². The third-order valence-corrected chi connectivity index (χ3v) is 4.11. The van der Waals surface area contributed by atoms with Crippen LogP contribution in [0.4, 0.5) is 17.1 Å². The molecule has 0 aliphatic carbocycles. The molecular weight excluding hydrogens is 366 g/mol. The van der Waals surface area contributed by atoms with Crippen LogP contribution in [0.3, 0.4) is 0 Å². The van der Waals surface area contributed by atoms with Gasteiger partial charge in [0.15, 0.2) is 0 Å². The molecule has 0 bridgehead atoms. The molecule has 150 valence electrons. The summed E-state index contributed by atoms with van der Waals surface area (Å²) in [5.74, 6) is 1.19. The maximum Gasteiger partial charge on any atom is 0.274 e. The van der Waals surface area contributed by atoms with Gasteiger partial charge in [-0.2, -0.15) is 0 Å². The molecule has 0 aliphatic heterocycles. The summed E-state index contributed by atoms with van der Waals surface area (Å²) in [7, 11) is 1.62. The molecule has 0 saturated carbocycles. The summed E-state index contributed by atoms with van der Waals surface area (Å²) in [6, 6.07) is 16.6. The van der Waals surface area contributed by atoms with E-state index in [1.807, 2.05) is 51.1 Å². The molecule has 0 radical (unpaired) electrons. The molecule has 0 aliphatic rings. The number of hydrogen-bond donors (Lipinski definition) is 2. The number of aromatic nitrogens is 1. The van der Waals surface area contributed by atoms with Crippen molar-refractivity contribution in [3.63, 3.8) is 0 Å². The second-order valence-electron chi connectivity index (χ2n) is 6.90. The van der Waals surface area contributed by atoms with Gasteiger partial charge in [0.25, 0.3) is 5.91 Å². The van der Waals surface area contributed by atoms with Crippen molar-refractivity contribution >= 4 is 23.0 Å². The van der Waals surface area contributed by atoms with Crippen LogP contribution in [0.25, 0.3) is 0 Å². The number of rotatable bonds is 7. The van der Waals surface area contributed by atoms with Gasteiger partial charge < -0.3 is 20.1 Å². The SMILES string of the molecule is COc1ccc(C)cc1Nc1ccnc(C(=O)Nc2ccc(OC(C)C)cc2)c1. The summed E-state index contributed by atoms with van der Waals surface area (Å²) >= 11 is 0. The average Bonchev–Trinajstić information content (AvgIpc) is 2.69. The number of benzene rings is 2. The predicted molar refractivity (Wildman–Crippen MR) is 115 cm³/mol. The van der Waals surface area contributed by atoms with Crippen molar-refractivity contribution in [2.75, 3.05) is 17.7 Å². The summed E-state index contributed by atoms with van der Waals surface area (Å²) in [6.07, 6.45) is 1.70. The summed E-state index contributed by atoms with van der Waals surface area (Å²) in [5, 5.41) is 6.14. The zero-order valence-corrected chi connectivity index (χ0v) is 17.0. The molecule has 0 unspecified atom stereocenters.